The summed E-state index contributed by atoms with van der Waals surface area (Å²) in [6.07, 6.45) is 0.285. The van der Waals surface area contributed by atoms with Crippen LogP contribution in [-0.2, 0) is 4.79 Å². The van der Waals surface area contributed by atoms with E-state index in [0.717, 1.165) is 10.6 Å². The van der Waals surface area contributed by atoms with Gasteiger partial charge in [0.25, 0.3) is 0 Å². The van der Waals surface area contributed by atoms with Gasteiger partial charge in [0.05, 0.1) is 11.4 Å². The molecule has 3 N–H and O–H groups in total. The molecule has 0 spiro atoms. The predicted molar refractivity (Wildman–Crippen MR) is 73.0 cm³/mol. The molecule has 5 heteroatoms. The molecule has 0 fully saturated rings. The largest absolute Gasteiger partial charge is 0.325 e. The Morgan fingerprint density at radius 3 is 2.89 bits per heavy atom. The van der Waals surface area contributed by atoms with Gasteiger partial charge in [0.15, 0.2) is 5.78 Å². The van der Waals surface area contributed by atoms with E-state index >= 15 is 0 Å². The Hall–Kier alpha value is -1.33. The molecule has 0 saturated carbocycles. The van der Waals surface area contributed by atoms with E-state index in [-0.39, 0.29) is 18.1 Å². The molecule has 1 aliphatic rings. The van der Waals surface area contributed by atoms with Crippen molar-refractivity contribution >= 4 is 29.1 Å². The summed E-state index contributed by atoms with van der Waals surface area (Å²) in [4.78, 5) is 24.3. The first kappa shape index (κ1) is 13.1. The molecule has 0 aromatic heterocycles. The summed E-state index contributed by atoms with van der Waals surface area (Å²) in [5, 5.41) is 2.77. The van der Waals surface area contributed by atoms with Crippen molar-refractivity contribution in [2.75, 3.05) is 11.1 Å². The Labute approximate surface area is 110 Å². The van der Waals surface area contributed by atoms with Crippen molar-refractivity contribution in [3.05, 3.63) is 23.8 Å². The molecule has 96 valence electrons. The number of fused-ring (bicyclic) bond motifs is 1. The fourth-order valence-electron chi connectivity index (χ4n) is 1.77. The SMILES string of the molecule is CC(C)(N)CC(=O)c1ccc2c(c1)NC(=O)CS2. The summed E-state index contributed by atoms with van der Waals surface area (Å²) in [6, 6.07) is 5.39. The van der Waals surface area contributed by atoms with Crippen molar-refractivity contribution in [2.24, 2.45) is 5.73 Å². The van der Waals surface area contributed by atoms with Gasteiger partial charge in [0.2, 0.25) is 5.91 Å². The first-order valence-corrected chi connectivity index (χ1v) is 6.72. The predicted octanol–water partition coefficient (Wildman–Crippen LogP) is 2.04. The fraction of sp³-hybridized carbons (Fsp3) is 0.385. The van der Waals surface area contributed by atoms with Gasteiger partial charge in [-0.25, -0.2) is 0 Å². The zero-order valence-corrected chi connectivity index (χ0v) is 11.3. The molecule has 2 rings (SSSR count). The van der Waals surface area contributed by atoms with Gasteiger partial charge in [-0.2, -0.15) is 0 Å². The number of carbonyl (C=O) groups excluding carboxylic acids is 2. The Balaban J connectivity index is 2.23. The van der Waals surface area contributed by atoms with Crippen LogP contribution in [0.15, 0.2) is 23.1 Å². The van der Waals surface area contributed by atoms with Crippen molar-refractivity contribution in [3.8, 4) is 0 Å². The van der Waals surface area contributed by atoms with Crippen molar-refractivity contribution in [3.63, 3.8) is 0 Å². The van der Waals surface area contributed by atoms with Gasteiger partial charge >= 0.3 is 0 Å². The second kappa shape index (κ2) is 4.74. The van der Waals surface area contributed by atoms with Crippen LogP contribution in [0.1, 0.15) is 30.6 Å². The number of nitrogens with two attached hydrogens (primary N) is 1. The van der Waals surface area contributed by atoms with E-state index in [4.69, 9.17) is 5.73 Å². The first-order valence-electron chi connectivity index (χ1n) is 5.74. The molecule has 0 unspecified atom stereocenters. The van der Waals surface area contributed by atoms with E-state index in [0.29, 0.717) is 11.3 Å². The van der Waals surface area contributed by atoms with E-state index < -0.39 is 5.54 Å². The zero-order valence-electron chi connectivity index (χ0n) is 10.4. The number of carbonyl (C=O) groups is 2. The minimum atomic E-state index is -0.523. The average molecular weight is 264 g/mol. The Morgan fingerprint density at radius 1 is 1.50 bits per heavy atom. The van der Waals surface area contributed by atoms with Crippen molar-refractivity contribution in [2.45, 2.75) is 30.7 Å². The van der Waals surface area contributed by atoms with Crippen LogP contribution >= 0.6 is 11.8 Å². The number of thioether (sulfide) groups is 1. The highest BCUT2D eigenvalue weighted by Gasteiger charge is 2.20. The molecule has 1 aromatic carbocycles. The number of rotatable bonds is 3. The first-order chi connectivity index (χ1) is 8.35. The highest BCUT2D eigenvalue weighted by atomic mass is 32.2. The van der Waals surface area contributed by atoms with Crippen LogP contribution in [0.4, 0.5) is 5.69 Å². The molecule has 0 atom stereocenters. The van der Waals surface area contributed by atoms with Gasteiger partial charge in [-0.3, -0.25) is 9.59 Å². The highest BCUT2D eigenvalue weighted by Crippen LogP contribution is 2.32. The number of hydrogen-bond acceptors (Lipinski definition) is 4. The normalized spacial score (nSPS) is 14.9. The lowest BCUT2D eigenvalue weighted by molar-refractivity contribution is -0.113. The van der Waals surface area contributed by atoms with Crippen LogP contribution in [-0.4, -0.2) is 23.0 Å². The summed E-state index contributed by atoms with van der Waals surface area (Å²) in [6.45, 7) is 3.64. The number of hydrogen-bond donors (Lipinski definition) is 2. The van der Waals surface area contributed by atoms with Crippen molar-refractivity contribution < 1.29 is 9.59 Å². The number of nitrogens with one attached hydrogen (secondary N) is 1. The van der Waals surface area contributed by atoms with Crippen molar-refractivity contribution in [1.82, 2.24) is 0 Å². The van der Waals surface area contributed by atoms with Crippen LogP contribution < -0.4 is 11.1 Å². The Bertz CT molecular complexity index is 506. The number of amides is 1. The van der Waals surface area contributed by atoms with Gasteiger partial charge in [0, 0.05) is 22.4 Å². The molecule has 0 bridgehead atoms. The van der Waals surface area contributed by atoms with Crippen LogP contribution in [0.5, 0.6) is 0 Å². The lowest BCUT2D eigenvalue weighted by atomic mass is 9.95. The van der Waals surface area contributed by atoms with E-state index in [9.17, 15) is 9.59 Å². The fourth-order valence-corrected chi connectivity index (χ4v) is 2.56. The van der Waals surface area contributed by atoms with Crippen LogP contribution in [0.25, 0.3) is 0 Å². The molecule has 0 saturated heterocycles. The maximum Gasteiger partial charge on any atom is 0.234 e. The summed E-state index contributed by atoms with van der Waals surface area (Å²) < 4.78 is 0. The van der Waals surface area contributed by atoms with E-state index in [1.807, 2.05) is 19.9 Å². The third-order valence-electron chi connectivity index (χ3n) is 2.55. The summed E-state index contributed by atoms with van der Waals surface area (Å²) in [7, 11) is 0. The molecule has 1 aromatic rings. The maximum atomic E-state index is 12.0. The molecule has 1 heterocycles. The van der Waals surface area contributed by atoms with Gasteiger partial charge < -0.3 is 11.1 Å². The molecule has 0 aliphatic carbocycles. The van der Waals surface area contributed by atoms with Crippen LogP contribution in [0.2, 0.25) is 0 Å². The standard InChI is InChI=1S/C13H16N2O2S/c1-13(2,14)6-10(16)8-3-4-11-9(5-8)15-12(17)7-18-11/h3-5H,6-7,14H2,1-2H3,(H,15,17). The minimum Gasteiger partial charge on any atom is -0.325 e. The maximum absolute atomic E-state index is 12.0. The lowest BCUT2D eigenvalue weighted by Crippen LogP contribution is -2.34. The minimum absolute atomic E-state index is 0.00452. The second-order valence-electron chi connectivity index (χ2n) is 5.14. The Morgan fingerprint density at radius 2 is 2.22 bits per heavy atom. The zero-order chi connectivity index (χ0) is 13.3. The van der Waals surface area contributed by atoms with Gasteiger partial charge in [-0.05, 0) is 26.0 Å². The van der Waals surface area contributed by atoms with E-state index in [2.05, 4.69) is 5.32 Å². The summed E-state index contributed by atoms with van der Waals surface area (Å²) in [5.41, 5.74) is 6.63. The number of Topliss-reactive ketones (excluding diaryl/α,β-unsaturated/α-hetero) is 1. The van der Waals surface area contributed by atoms with E-state index in [1.165, 1.54) is 11.8 Å². The summed E-state index contributed by atoms with van der Waals surface area (Å²) in [5.74, 6) is 0.391. The molecular weight excluding hydrogens is 248 g/mol. The number of anilines is 1. The highest BCUT2D eigenvalue weighted by molar-refractivity contribution is 8.00. The van der Waals surface area contributed by atoms with Gasteiger partial charge in [-0.15, -0.1) is 11.8 Å². The third-order valence-corrected chi connectivity index (χ3v) is 3.62. The summed E-state index contributed by atoms with van der Waals surface area (Å²) >= 11 is 1.48. The van der Waals surface area contributed by atoms with Gasteiger partial charge in [-0.1, -0.05) is 6.07 Å². The quantitative estimate of drug-likeness (QED) is 0.819. The molecule has 1 aliphatic heterocycles. The second-order valence-corrected chi connectivity index (χ2v) is 6.15. The number of benzene rings is 1. The molecular formula is C13H16N2O2S. The van der Waals surface area contributed by atoms with E-state index in [1.54, 1.807) is 12.1 Å². The monoisotopic (exact) mass is 264 g/mol. The molecule has 0 radical (unpaired) electrons. The average Bonchev–Trinajstić information content (AvgIpc) is 2.25. The third kappa shape index (κ3) is 3.11. The van der Waals surface area contributed by atoms with Crippen molar-refractivity contribution in [1.29, 1.82) is 0 Å². The van der Waals surface area contributed by atoms with Gasteiger partial charge in [0.1, 0.15) is 0 Å². The molecule has 1 amide bonds. The smallest absolute Gasteiger partial charge is 0.234 e. The van der Waals surface area contributed by atoms with Crippen LogP contribution in [0.3, 0.4) is 0 Å². The Kier molecular flexibility index (Phi) is 3.45. The topological polar surface area (TPSA) is 72.2 Å². The number of ketones is 1. The van der Waals surface area contributed by atoms with Crippen LogP contribution in [0, 0.1) is 0 Å². The lowest BCUT2D eigenvalue weighted by Gasteiger charge is -2.19. The molecule has 4 nitrogen and oxygen atoms in total. The molecule has 18 heavy (non-hydrogen) atoms.